The van der Waals surface area contributed by atoms with Crippen molar-refractivity contribution in [3.8, 4) is 0 Å². The molecule has 0 bridgehead atoms. The molecule has 0 unspecified atom stereocenters. The molecule has 0 amide bonds. The number of piperidine rings is 1. The molecule has 0 atom stereocenters. The highest BCUT2D eigenvalue weighted by Crippen LogP contribution is 2.27. The van der Waals surface area contributed by atoms with Crippen LogP contribution in [0, 0.1) is 0 Å². The van der Waals surface area contributed by atoms with E-state index in [-0.39, 0.29) is 6.04 Å². The van der Waals surface area contributed by atoms with Gasteiger partial charge in [0.2, 0.25) is 10.0 Å². The van der Waals surface area contributed by atoms with Crippen LogP contribution in [0.15, 0.2) is 12.5 Å². The van der Waals surface area contributed by atoms with Gasteiger partial charge in [-0.3, -0.25) is 0 Å². The summed E-state index contributed by atoms with van der Waals surface area (Å²) in [5.74, 6) is 0.412. The van der Waals surface area contributed by atoms with Gasteiger partial charge in [-0.1, -0.05) is 0 Å². The zero-order valence-electron chi connectivity index (χ0n) is 11.1. The number of hydrogen-bond acceptors (Lipinski definition) is 6. The molecule has 0 spiro atoms. The zero-order chi connectivity index (χ0) is 14.3. The van der Waals surface area contributed by atoms with Crippen LogP contribution in [0.4, 0.5) is 5.82 Å². The maximum Gasteiger partial charge on any atom is 0.211 e. The molecule has 1 fully saturated rings. The van der Waals surface area contributed by atoms with E-state index in [9.17, 15) is 8.42 Å². The molecular weight excluding hydrogens is 280 g/mol. The molecule has 8 nitrogen and oxygen atoms in total. The molecule has 1 aliphatic heterocycles. The first kappa shape index (κ1) is 13.3. The second-order valence-corrected chi connectivity index (χ2v) is 6.96. The summed E-state index contributed by atoms with van der Waals surface area (Å²) in [5, 5.41) is 5.07. The molecule has 20 heavy (non-hydrogen) atoms. The summed E-state index contributed by atoms with van der Waals surface area (Å²) in [5.41, 5.74) is 6.49. The summed E-state index contributed by atoms with van der Waals surface area (Å²) in [6, 6.07) is 0.139. The van der Waals surface area contributed by atoms with Crippen molar-refractivity contribution < 1.29 is 8.42 Å². The smallest absolute Gasteiger partial charge is 0.211 e. The molecule has 0 aromatic carbocycles. The highest BCUT2D eigenvalue weighted by atomic mass is 32.2. The van der Waals surface area contributed by atoms with Gasteiger partial charge in [-0.25, -0.2) is 27.4 Å². The van der Waals surface area contributed by atoms with E-state index in [0.717, 1.165) is 5.39 Å². The average Bonchev–Trinajstić information content (AvgIpc) is 2.83. The maximum atomic E-state index is 11.5. The third kappa shape index (κ3) is 2.22. The second-order valence-electron chi connectivity index (χ2n) is 4.98. The second kappa shape index (κ2) is 4.67. The number of hydrogen-bond donors (Lipinski definition) is 1. The molecule has 3 heterocycles. The van der Waals surface area contributed by atoms with E-state index in [2.05, 4.69) is 15.1 Å². The van der Waals surface area contributed by atoms with Gasteiger partial charge in [0.1, 0.15) is 12.1 Å². The van der Waals surface area contributed by atoms with Crippen molar-refractivity contribution in [3.05, 3.63) is 12.5 Å². The van der Waals surface area contributed by atoms with Gasteiger partial charge in [0.05, 0.1) is 23.9 Å². The Bertz CT molecular complexity index is 732. The summed E-state index contributed by atoms with van der Waals surface area (Å²) in [4.78, 5) is 8.16. The van der Waals surface area contributed by atoms with E-state index < -0.39 is 10.0 Å². The molecule has 2 aromatic heterocycles. The lowest BCUT2D eigenvalue weighted by molar-refractivity contribution is 0.266. The van der Waals surface area contributed by atoms with E-state index in [1.807, 2.05) is 4.68 Å². The van der Waals surface area contributed by atoms with Crippen LogP contribution >= 0.6 is 0 Å². The summed E-state index contributed by atoms with van der Waals surface area (Å²) < 4.78 is 26.3. The number of nitrogens with zero attached hydrogens (tertiary/aromatic N) is 5. The third-order valence-electron chi connectivity index (χ3n) is 3.66. The Balaban J connectivity index is 1.86. The molecule has 9 heteroatoms. The number of anilines is 1. The average molecular weight is 296 g/mol. The highest BCUT2D eigenvalue weighted by Gasteiger charge is 2.27. The minimum Gasteiger partial charge on any atom is -0.383 e. The fraction of sp³-hybridized carbons (Fsp3) is 0.545. The van der Waals surface area contributed by atoms with Crippen LogP contribution in [-0.2, 0) is 10.0 Å². The molecule has 1 saturated heterocycles. The van der Waals surface area contributed by atoms with Gasteiger partial charge in [-0.2, -0.15) is 5.10 Å². The predicted molar refractivity (Wildman–Crippen MR) is 74.4 cm³/mol. The molecule has 0 radical (unpaired) electrons. The number of aromatic nitrogens is 4. The first-order chi connectivity index (χ1) is 9.47. The maximum absolute atomic E-state index is 11.5. The summed E-state index contributed by atoms with van der Waals surface area (Å²) in [6.45, 7) is 1.01. The first-order valence-corrected chi connectivity index (χ1v) is 8.20. The van der Waals surface area contributed by atoms with E-state index in [0.29, 0.717) is 37.4 Å². The standard InChI is InChI=1S/C11H16N6O2S/c1-20(18,19)16-4-2-8(3-5-16)17-11-9(6-15-17)10(12)13-7-14-11/h6-8H,2-5H2,1H3,(H2,12,13,14). The lowest BCUT2D eigenvalue weighted by Crippen LogP contribution is -2.38. The van der Waals surface area contributed by atoms with Crippen LogP contribution in [0.1, 0.15) is 18.9 Å². The van der Waals surface area contributed by atoms with Crippen molar-refractivity contribution in [2.45, 2.75) is 18.9 Å². The lowest BCUT2D eigenvalue weighted by Gasteiger charge is -2.30. The monoisotopic (exact) mass is 296 g/mol. The molecular formula is C11H16N6O2S. The van der Waals surface area contributed by atoms with Crippen molar-refractivity contribution in [3.63, 3.8) is 0 Å². The Labute approximate surface area is 116 Å². The van der Waals surface area contributed by atoms with Crippen molar-refractivity contribution in [1.82, 2.24) is 24.1 Å². The Morgan fingerprint density at radius 1 is 1.30 bits per heavy atom. The van der Waals surface area contributed by atoms with Crippen LogP contribution in [-0.4, -0.2) is 51.8 Å². The van der Waals surface area contributed by atoms with Gasteiger partial charge in [0.25, 0.3) is 0 Å². The molecule has 108 valence electrons. The Morgan fingerprint density at radius 3 is 2.65 bits per heavy atom. The number of fused-ring (bicyclic) bond motifs is 1. The third-order valence-corrected chi connectivity index (χ3v) is 4.96. The summed E-state index contributed by atoms with van der Waals surface area (Å²) in [7, 11) is -3.11. The molecule has 1 aliphatic rings. The fourth-order valence-corrected chi connectivity index (χ4v) is 3.44. The van der Waals surface area contributed by atoms with Crippen molar-refractivity contribution in [2.75, 3.05) is 25.1 Å². The van der Waals surface area contributed by atoms with Gasteiger partial charge < -0.3 is 5.73 Å². The van der Waals surface area contributed by atoms with E-state index in [1.54, 1.807) is 6.20 Å². The topological polar surface area (TPSA) is 107 Å². The summed E-state index contributed by atoms with van der Waals surface area (Å²) in [6.07, 6.45) is 5.75. The number of sulfonamides is 1. The number of rotatable bonds is 2. The Kier molecular flexibility index (Phi) is 3.09. The Hall–Kier alpha value is -1.74. The van der Waals surface area contributed by atoms with Crippen molar-refractivity contribution in [2.24, 2.45) is 0 Å². The minimum absolute atomic E-state index is 0.139. The van der Waals surface area contributed by atoms with E-state index in [1.165, 1.54) is 16.9 Å². The Morgan fingerprint density at radius 2 is 2.00 bits per heavy atom. The fourth-order valence-electron chi connectivity index (χ4n) is 2.57. The SMILES string of the molecule is CS(=O)(=O)N1CCC(n2ncc3c(N)ncnc32)CC1. The lowest BCUT2D eigenvalue weighted by atomic mass is 10.1. The predicted octanol–water partition coefficient (Wildman–Crippen LogP) is 0.00500. The van der Waals surface area contributed by atoms with Gasteiger partial charge in [0, 0.05) is 13.1 Å². The molecule has 2 N–H and O–H groups in total. The van der Waals surface area contributed by atoms with E-state index >= 15 is 0 Å². The van der Waals surface area contributed by atoms with Gasteiger partial charge in [0.15, 0.2) is 5.65 Å². The first-order valence-electron chi connectivity index (χ1n) is 6.35. The number of nitrogen functional groups attached to an aromatic ring is 1. The van der Waals surface area contributed by atoms with Crippen LogP contribution in [0.3, 0.4) is 0 Å². The highest BCUT2D eigenvalue weighted by molar-refractivity contribution is 7.88. The van der Waals surface area contributed by atoms with Crippen LogP contribution in [0.25, 0.3) is 11.0 Å². The van der Waals surface area contributed by atoms with Gasteiger partial charge in [-0.15, -0.1) is 0 Å². The van der Waals surface area contributed by atoms with Gasteiger partial charge in [-0.05, 0) is 12.8 Å². The molecule has 3 rings (SSSR count). The van der Waals surface area contributed by atoms with E-state index in [4.69, 9.17) is 5.73 Å². The molecule has 0 aliphatic carbocycles. The molecule has 0 saturated carbocycles. The van der Waals surface area contributed by atoms with Crippen molar-refractivity contribution in [1.29, 1.82) is 0 Å². The molecule has 2 aromatic rings. The summed E-state index contributed by atoms with van der Waals surface area (Å²) >= 11 is 0. The van der Waals surface area contributed by atoms with Crippen LogP contribution in [0.5, 0.6) is 0 Å². The van der Waals surface area contributed by atoms with Crippen molar-refractivity contribution >= 4 is 26.9 Å². The number of nitrogens with two attached hydrogens (primary N) is 1. The zero-order valence-corrected chi connectivity index (χ0v) is 11.9. The normalized spacial score (nSPS) is 18.6. The minimum atomic E-state index is -3.11. The van der Waals surface area contributed by atoms with Gasteiger partial charge >= 0.3 is 0 Å². The van der Waals surface area contributed by atoms with Crippen LogP contribution in [0.2, 0.25) is 0 Å². The largest absolute Gasteiger partial charge is 0.383 e. The quantitative estimate of drug-likeness (QED) is 0.836. The van der Waals surface area contributed by atoms with Crippen LogP contribution < -0.4 is 5.73 Å².